The zero-order chi connectivity index (χ0) is 18.8. The molecule has 7 nitrogen and oxygen atoms in total. The summed E-state index contributed by atoms with van der Waals surface area (Å²) in [6, 6.07) is 6.85. The molecule has 0 atom stereocenters. The third-order valence-corrected chi connectivity index (χ3v) is 5.85. The molecule has 146 valence electrons. The highest BCUT2D eigenvalue weighted by molar-refractivity contribution is 7.89. The quantitative estimate of drug-likeness (QED) is 0.560. The van der Waals surface area contributed by atoms with Gasteiger partial charge < -0.3 is 14.8 Å². The fourth-order valence-corrected chi connectivity index (χ4v) is 4.18. The molecule has 0 unspecified atom stereocenters. The summed E-state index contributed by atoms with van der Waals surface area (Å²) in [4.78, 5) is 11.9. The van der Waals surface area contributed by atoms with E-state index in [1.165, 1.54) is 0 Å². The van der Waals surface area contributed by atoms with Crippen molar-refractivity contribution in [2.24, 2.45) is 0 Å². The van der Waals surface area contributed by atoms with Crippen molar-refractivity contribution in [1.82, 2.24) is 10.0 Å². The number of benzene rings is 1. The summed E-state index contributed by atoms with van der Waals surface area (Å²) in [5, 5.41) is 2.77. The van der Waals surface area contributed by atoms with Gasteiger partial charge in [-0.2, -0.15) is 0 Å². The zero-order valence-corrected chi connectivity index (χ0v) is 16.0. The molecule has 1 aliphatic carbocycles. The van der Waals surface area contributed by atoms with Crippen LogP contribution in [0.2, 0.25) is 0 Å². The van der Waals surface area contributed by atoms with Gasteiger partial charge in [-0.25, -0.2) is 13.1 Å². The molecule has 26 heavy (non-hydrogen) atoms. The number of hydrogen-bond donors (Lipinski definition) is 2. The van der Waals surface area contributed by atoms with Gasteiger partial charge in [0.05, 0.1) is 18.1 Å². The van der Waals surface area contributed by atoms with Crippen molar-refractivity contribution in [3.63, 3.8) is 0 Å². The highest BCUT2D eigenvalue weighted by Crippen LogP contribution is 2.20. The van der Waals surface area contributed by atoms with Crippen LogP contribution in [0.4, 0.5) is 0 Å². The van der Waals surface area contributed by atoms with Gasteiger partial charge in [0.25, 0.3) is 0 Å². The molecule has 1 aromatic carbocycles. The lowest BCUT2D eigenvalue weighted by Gasteiger charge is -2.13. The molecule has 1 aromatic rings. The summed E-state index contributed by atoms with van der Waals surface area (Å²) in [5.74, 6) is -0.180. The van der Waals surface area contributed by atoms with Crippen LogP contribution in [0.15, 0.2) is 29.2 Å². The summed E-state index contributed by atoms with van der Waals surface area (Å²) in [5.41, 5.74) is 0.963. The standard InChI is InChI=1S/C18H28N2O5S/c1-24-12-13-25-14-18(21)19-11-10-15-6-8-17(9-7-15)26(22,23)20-16-4-2-3-5-16/h6-9,16,20H,2-5,10-14H2,1H3,(H,19,21). The summed E-state index contributed by atoms with van der Waals surface area (Å²) in [6.07, 6.45) is 4.60. The molecule has 1 saturated carbocycles. The number of ether oxygens (including phenoxy) is 2. The molecule has 2 rings (SSSR count). The maximum atomic E-state index is 12.4. The van der Waals surface area contributed by atoms with Crippen LogP contribution in [0.5, 0.6) is 0 Å². The molecule has 1 aliphatic rings. The van der Waals surface area contributed by atoms with E-state index in [9.17, 15) is 13.2 Å². The third kappa shape index (κ3) is 7.03. The van der Waals surface area contributed by atoms with Gasteiger partial charge in [-0.1, -0.05) is 25.0 Å². The minimum absolute atomic E-state index is 0.00732. The predicted molar refractivity (Wildman–Crippen MR) is 98.4 cm³/mol. The Labute approximate surface area is 155 Å². The fraction of sp³-hybridized carbons (Fsp3) is 0.611. The molecule has 0 bridgehead atoms. The van der Waals surface area contributed by atoms with Crippen molar-refractivity contribution in [1.29, 1.82) is 0 Å². The molecule has 1 amide bonds. The first-order valence-corrected chi connectivity index (χ1v) is 10.4. The Kier molecular flexibility index (Phi) is 8.50. The first-order valence-electron chi connectivity index (χ1n) is 8.96. The van der Waals surface area contributed by atoms with E-state index in [0.717, 1.165) is 31.2 Å². The van der Waals surface area contributed by atoms with Crippen molar-refractivity contribution >= 4 is 15.9 Å². The largest absolute Gasteiger partial charge is 0.382 e. The Morgan fingerprint density at radius 1 is 1.15 bits per heavy atom. The van der Waals surface area contributed by atoms with Gasteiger partial charge in [0.15, 0.2) is 0 Å². The van der Waals surface area contributed by atoms with Crippen LogP contribution >= 0.6 is 0 Å². The van der Waals surface area contributed by atoms with Crippen LogP contribution in [-0.2, 0) is 30.7 Å². The lowest BCUT2D eigenvalue weighted by atomic mass is 10.1. The molecule has 0 aromatic heterocycles. The Balaban J connectivity index is 1.74. The normalized spacial score (nSPS) is 15.3. The number of rotatable bonds is 11. The second-order valence-electron chi connectivity index (χ2n) is 6.39. The van der Waals surface area contributed by atoms with Gasteiger partial charge in [-0.05, 0) is 37.0 Å². The monoisotopic (exact) mass is 384 g/mol. The van der Waals surface area contributed by atoms with Gasteiger partial charge >= 0.3 is 0 Å². The first kappa shape index (κ1) is 20.8. The number of amides is 1. The Morgan fingerprint density at radius 2 is 1.85 bits per heavy atom. The highest BCUT2D eigenvalue weighted by atomic mass is 32.2. The number of methoxy groups -OCH3 is 1. The van der Waals surface area contributed by atoms with E-state index in [-0.39, 0.29) is 23.5 Å². The van der Waals surface area contributed by atoms with Crippen LogP contribution < -0.4 is 10.0 Å². The third-order valence-electron chi connectivity index (χ3n) is 4.31. The van der Waals surface area contributed by atoms with Crippen molar-refractivity contribution in [2.75, 3.05) is 33.5 Å². The van der Waals surface area contributed by atoms with E-state index in [1.807, 2.05) is 0 Å². The van der Waals surface area contributed by atoms with Gasteiger partial charge in [0, 0.05) is 19.7 Å². The van der Waals surface area contributed by atoms with E-state index in [4.69, 9.17) is 9.47 Å². The van der Waals surface area contributed by atoms with E-state index >= 15 is 0 Å². The number of hydrogen-bond acceptors (Lipinski definition) is 5. The summed E-state index contributed by atoms with van der Waals surface area (Å²) in [6.45, 7) is 1.32. The molecule has 0 aliphatic heterocycles. The van der Waals surface area contributed by atoms with E-state index in [0.29, 0.717) is 26.2 Å². The number of nitrogens with one attached hydrogen (secondary N) is 2. The second kappa shape index (κ2) is 10.6. The molecule has 0 saturated heterocycles. The average molecular weight is 384 g/mol. The van der Waals surface area contributed by atoms with Crippen molar-refractivity contribution < 1.29 is 22.7 Å². The predicted octanol–water partition coefficient (Wildman–Crippen LogP) is 1.23. The zero-order valence-electron chi connectivity index (χ0n) is 15.2. The minimum atomic E-state index is -3.46. The van der Waals surface area contributed by atoms with Gasteiger partial charge in [0.2, 0.25) is 15.9 Å². The number of sulfonamides is 1. The maximum Gasteiger partial charge on any atom is 0.246 e. The lowest BCUT2D eigenvalue weighted by Crippen LogP contribution is -2.32. The van der Waals surface area contributed by atoms with Crippen molar-refractivity contribution in [3.05, 3.63) is 29.8 Å². The van der Waals surface area contributed by atoms with Crippen LogP contribution in [0, 0.1) is 0 Å². The highest BCUT2D eigenvalue weighted by Gasteiger charge is 2.22. The van der Waals surface area contributed by atoms with Crippen LogP contribution in [-0.4, -0.2) is 53.8 Å². The summed E-state index contributed by atoms with van der Waals surface area (Å²) in [7, 11) is -1.88. The van der Waals surface area contributed by atoms with Gasteiger partial charge in [0.1, 0.15) is 6.61 Å². The van der Waals surface area contributed by atoms with Crippen LogP contribution in [0.25, 0.3) is 0 Å². The average Bonchev–Trinajstić information content (AvgIpc) is 3.11. The summed E-state index contributed by atoms with van der Waals surface area (Å²) >= 11 is 0. The van der Waals surface area contributed by atoms with Crippen LogP contribution in [0.1, 0.15) is 31.2 Å². The number of carbonyl (C=O) groups excluding carboxylic acids is 1. The van der Waals surface area contributed by atoms with Crippen LogP contribution in [0.3, 0.4) is 0 Å². The first-order chi connectivity index (χ1) is 12.5. The van der Waals surface area contributed by atoms with E-state index in [1.54, 1.807) is 31.4 Å². The smallest absolute Gasteiger partial charge is 0.246 e. The molecular weight excluding hydrogens is 356 g/mol. The Hall–Kier alpha value is -1.48. The molecular formula is C18H28N2O5S. The van der Waals surface area contributed by atoms with Crippen molar-refractivity contribution in [3.8, 4) is 0 Å². The molecule has 2 N–H and O–H groups in total. The fourth-order valence-electron chi connectivity index (χ4n) is 2.87. The van der Waals surface area contributed by atoms with Crippen molar-refractivity contribution in [2.45, 2.75) is 43.0 Å². The van der Waals surface area contributed by atoms with Gasteiger partial charge in [-0.3, -0.25) is 4.79 Å². The lowest BCUT2D eigenvalue weighted by molar-refractivity contribution is -0.126. The molecule has 8 heteroatoms. The van der Waals surface area contributed by atoms with E-state index < -0.39 is 10.0 Å². The molecule has 1 fully saturated rings. The molecule has 0 spiro atoms. The Bertz CT molecular complexity index is 655. The second-order valence-corrected chi connectivity index (χ2v) is 8.11. The maximum absolute atomic E-state index is 12.4. The molecule has 0 heterocycles. The topological polar surface area (TPSA) is 93.7 Å². The molecule has 0 radical (unpaired) electrons. The number of carbonyl (C=O) groups is 1. The van der Waals surface area contributed by atoms with Gasteiger partial charge in [-0.15, -0.1) is 0 Å². The Morgan fingerprint density at radius 3 is 2.50 bits per heavy atom. The minimum Gasteiger partial charge on any atom is -0.382 e. The SMILES string of the molecule is COCCOCC(=O)NCCc1ccc(S(=O)(=O)NC2CCCC2)cc1. The summed E-state index contributed by atoms with van der Waals surface area (Å²) < 4.78 is 37.5. The van der Waals surface area contributed by atoms with E-state index in [2.05, 4.69) is 10.0 Å².